The van der Waals surface area contributed by atoms with E-state index in [1.807, 2.05) is 37.2 Å². The van der Waals surface area contributed by atoms with Gasteiger partial charge in [0, 0.05) is 25.8 Å². The van der Waals surface area contributed by atoms with Crippen molar-refractivity contribution >= 4 is 5.82 Å². The molecule has 0 atom stereocenters. The number of hydrogen-bond donors (Lipinski definition) is 1. The second kappa shape index (κ2) is 5.63. The fourth-order valence-electron chi connectivity index (χ4n) is 2.09. The highest BCUT2D eigenvalue weighted by Gasteiger charge is 2.20. The summed E-state index contributed by atoms with van der Waals surface area (Å²) < 4.78 is 5.59. The fourth-order valence-corrected chi connectivity index (χ4v) is 2.09. The average molecular weight is 272 g/mol. The second-order valence-electron chi connectivity index (χ2n) is 5.39. The van der Waals surface area contributed by atoms with Crippen LogP contribution in [-0.4, -0.2) is 23.1 Å². The second-order valence-corrected chi connectivity index (χ2v) is 5.39. The summed E-state index contributed by atoms with van der Waals surface area (Å²) in [4.78, 5) is 11.0. The van der Waals surface area contributed by atoms with E-state index in [-0.39, 0.29) is 0 Å². The Morgan fingerprint density at radius 2 is 2.20 bits per heavy atom. The quantitative estimate of drug-likeness (QED) is 0.874. The molecule has 0 radical (unpaired) electrons. The normalized spacial score (nSPS) is 14.5. The Labute approximate surface area is 119 Å². The van der Waals surface area contributed by atoms with Crippen molar-refractivity contribution in [1.29, 1.82) is 0 Å². The van der Waals surface area contributed by atoms with Crippen LogP contribution in [0.25, 0.3) is 0 Å². The van der Waals surface area contributed by atoms with Gasteiger partial charge in [0.15, 0.2) is 0 Å². The summed E-state index contributed by atoms with van der Waals surface area (Å²) in [6.07, 6.45) is 6.18. The number of nitrogens with one attached hydrogen (secondary N) is 1. The molecule has 1 aliphatic carbocycles. The molecule has 20 heavy (non-hydrogen) atoms. The number of nitrogens with zero attached hydrogens (tertiary/aromatic N) is 3. The Morgan fingerprint density at radius 1 is 1.35 bits per heavy atom. The number of rotatable bonds is 6. The smallest absolute Gasteiger partial charge is 0.147 e. The highest BCUT2D eigenvalue weighted by Crippen LogP contribution is 2.19. The van der Waals surface area contributed by atoms with Crippen molar-refractivity contribution in [2.75, 3.05) is 11.9 Å². The van der Waals surface area contributed by atoms with Gasteiger partial charge in [-0.05, 0) is 31.9 Å². The van der Waals surface area contributed by atoms with E-state index in [2.05, 4.69) is 15.3 Å². The fraction of sp³-hybridized carbons (Fsp3) is 0.467. The summed E-state index contributed by atoms with van der Waals surface area (Å²) in [6, 6.07) is 4.66. The van der Waals surface area contributed by atoms with Crippen LogP contribution in [0.3, 0.4) is 0 Å². The summed E-state index contributed by atoms with van der Waals surface area (Å²) in [5.74, 6) is 2.74. The minimum Gasteiger partial charge on any atom is -0.464 e. The van der Waals surface area contributed by atoms with Crippen LogP contribution in [0.4, 0.5) is 5.82 Å². The van der Waals surface area contributed by atoms with Gasteiger partial charge in [-0.25, -0.2) is 4.98 Å². The summed E-state index contributed by atoms with van der Waals surface area (Å²) in [5.41, 5.74) is 0.983. The van der Waals surface area contributed by atoms with Gasteiger partial charge in [-0.15, -0.1) is 0 Å². The van der Waals surface area contributed by atoms with Gasteiger partial charge in [0.1, 0.15) is 17.3 Å². The number of hydrogen-bond acceptors (Lipinski definition) is 5. The lowest BCUT2D eigenvalue weighted by atomic mass is 10.4. The zero-order valence-corrected chi connectivity index (χ0v) is 12.0. The maximum absolute atomic E-state index is 5.59. The first-order valence-electron chi connectivity index (χ1n) is 7.01. The van der Waals surface area contributed by atoms with Crippen LogP contribution in [0, 0.1) is 6.92 Å². The van der Waals surface area contributed by atoms with E-state index >= 15 is 0 Å². The van der Waals surface area contributed by atoms with Crippen molar-refractivity contribution in [3.63, 3.8) is 0 Å². The third-order valence-corrected chi connectivity index (χ3v) is 3.40. The van der Waals surface area contributed by atoms with Crippen molar-refractivity contribution < 1.29 is 4.42 Å². The highest BCUT2D eigenvalue weighted by atomic mass is 16.3. The molecule has 0 amide bonds. The summed E-state index contributed by atoms with van der Waals surface area (Å²) in [6.45, 7) is 3.44. The number of furan rings is 1. The van der Waals surface area contributed by atoms with E-state index in [0.717, 1.165) is 29.6 Å². The average Bonchev–Trinajstić information content (AvgIpc) is 3.19. The van der Waals surface area contributed by atoms with Gasteiger partial charge in [-0.3, -0.25) is 4.98 Å². The molecule has 0 aliphatic heterocycles. The number of aryl methyl sites for hydroxylation is 1. The highest BCUT2D eigenvalue weighted by molar-refractivity contribution is 5.35. The molecule has 0 spiro atoms. The standard InChI is InChI=1S/C15H20N4O/c1-11-3-6-14(20-11)10-19(2)15-9-16-7-13(18-15)8-17-12-4-5-12/h3,6-7,9,12,17H,4-5,8,10H2,1-2H3. The van der Waals surface area contributed by atoms with Gasteiger partial charge in [0.2, 0.25) is 0 Å². The molecule has 3 rings (SSSR count). The van der Waals surface area contributed by atoms with Crippen molar-refractivity contribution in [3.8, 4) is 0 Å². The SMILES string of the molecule is Cc1ccc(CN(C)c2cncc(CNC3CC3)n2)o1. The Balaban J connectivity index is 1.63. The number of aromatic nitrogens is 2. The molecule has 1 saturated carbocycles. The molecule has 5 heteroatoms. The van der Waals surface area contributed by atoms with Gasteiger partial charge in [0.25, 0.3) is 0 Å². The molecule has 0 saturated heterocycles. The number of anilines is 1. The van der Waals surface area contributed by atoms with Gasteiger partial charge in [-0.1, -0.05) is 0 Å². The molecule has 0 aromatic carbocycles. The van der Waals surface area contributed by atoms with Gasteiger partial charge >= 0.3 is 0 Å². The summed E-state index contributed by atoms with van der Waals surface area (Å²) >= 11 is 0. The van der Waals surface area contributed by atoms with Gasteiger partial charge in [-0.2, -0.15) is 0 Å². The van der Waals surface area contributed by atoms with Crippen LogP contribution in [0.2, 0.25) is 0 Å². The zero-order valence-electron chi connectivity index (χ0n) is 12.0. The van der Waals surface area contributed by atoms with E-state index in [4.69, 9.17) is 4.42 Å². The van der Waals surface area contributed by atoms with E-state index in [9.17, 15) is 0 Å². The lowest BCUT2D eigenvalue weighted by molar-refractivity contribution is 0.481. The van der Waals surface area contributed by atoms with E-state index in [0.29, 0.717) is 12.6 Å². The van der Waals surface area contributed by atoms with Crippen LogP contribution in [0.5, 0.6) is 0 Å². The molecular formula is C15H20N4O. The predicted molar refractivity (Wildman–Crippen MR) is 77.4 cm³/mol. The van der Waals surface area contributed by atoms with E-state index in [1.165, 1.54) is 12.8 Å². The Morgan fingerprint density at radius 3 is 2.90 bits per heavy atom. The molecule has 1 aliphatic rings. The summed E-state index contributed by atoms with van der Waals surface area (Å²) in [5, 5.41) is 3.45. The lowest BCUT2D eigenvalue weighted by Gasteiger charge is -2.17. The third-order valence-electron chi connectivity index (χ3n) is 3.40. The van der Waals surface area contributed by atoms with Crippen molar-refractivity contribution in [1.82, 2.24) is 15.3 Å². The van der Waals surface area contributed by atoms with Crippen LogP contribution < -0.4 is 10.2 Å². The first-order valence-corrected chi connectivity index (χ1v) is 7.01. The molecule has 2 aromatic heterocycles. The molecule has 1 fully saturated rings. The van der Waals surface area contributed by atoms with E-state index in [1.54, 1.807) is 6.20 Å². The molecule has 106 valence electrons. The zero-order chi connectivity index (χ0) is 13.9. The van der Waals surface area contributed by atoms with Gasteiger partial charge in [0.05, 0.1) is 18.4 Å². The lowest BCUT2D eigenvalue weighted by Crippen LogP contribution is -2.20. The summed E-state index contributed by atoms with van der Waals surface area (Å²) in [7, 11) is 2.00. The largest absolute Gasteiger partial charge is 0.464 e. The topological polar surface area (TPSA) is 54.2 Å². The maximum atomic E-state index is 5.59. The van der Waals surface area contributed by atoms with Crippen LogP contribution in [0.15, 0.2) is 28.9 Å². The predicted octanol–water partition coefficient (Wildman–Crippen LogP) is 2.27. The molecule has 0 unspecified atom stereocenters. The molecule has 5 nitrogen and oxygen atoms in total. The van der Waals surface area contributed by atoms with Crippen LogP contribution >= 0.6 is 0 Å². The Kier molecular flexibility index (Phi) is 3.69. The minimum absolute atomic E-state index is 0.685. The van der Waals surface area contributed by atoms with Crippen LogP contribution in [-0.2, 0) is 13.1 Å². The first-order chi connectivity index (χ1) is 9.70. The first kappa shape index (κ1) is 13.1. The Hall–Kier alpha value is -1.88. The maximum Gasteiger partial charge on any atom is 0.147 e. The molecule has 1 N–H and O–H groups in total. The molecular weight excluding hydrogens is 252 g/mol. The third kappa shape index (κ3) is 3.36. The molecule has 0 bridgehead atoms. The minimum atomic E-state index is 0.685. The van der Waals surface area contributed by atoms with Crippen molar-refractivity contribution in [2.24, 2.45) is 0 Å². The van der Waals surface area contributed by atoms with Gasteiger partial charge < -0.3 is 14.6 Å². The Bertz CT molecular complexity index is 577. The molecule has 2 aromatic rings. The van der Waals surface area contributed by atoms with Crippen molar-refractivity contribution in [3.05, 3.63) is 41.7 Å². The van der Waals surface area contributed by atoms with Crippen molar-refractivity contribution in [2.45, 2.75) is 38.9 Å². The molecule has 2 heterocycles. The van der Waals surface area contributed by atoms with Crippen LogP contribution in [0.1, 0.15) is 30.1 Å². The monoisotopic (exact) mass is 272 g/mol. The van der Waals surface area contributed by atoms with E-state index < -0.39 is 0 Å².